The molecule has 0 spiro atoms. The molecule has 2 heterocycles. The maximum atomic E-state index is 13.0. The molecule has 0 saturated carbocycles. The number of nitrogens with one attached hydrogen (secondary N) is 1. The number of alkyl halides is 3. The van der Waals surface area contributed by atoms with Crippen LogP contribution in [0.15, 0.2) is 30.5 Å². The van der Waals surface area contributed by atoms with E-state index in [9.17, 15) is 22.8 Å². The lowest BCUT2D eigenvalue weighted by molar-refractivity contribution is -0.137. The zero-order valence-electron chi connectivity index (χ0n) is 18.2. The number of halogens is 3. The third kappa shape index (κ3) is 5.35. The molecule has 0 radical (unpaired) electrons. The zero-order valence-corrected chi connectivity index (χ0v) is 18.2. The van der Waals surface area contributed by atoms with Gasteiger partial charge in [0.15, 0.2) is 0 Å². The minimum absolute atomic E-state index is 0.118. The van der Waals surface area contributed by atoms with E-state index >= 15 is 0 Å². The third-order valence-corrected chi connectivity index (χ3v) is 5.36. The highest BCUT2D eigenvalue weighted by Gasteiger charge is 2.33. The Morgan fingerprint density at radius 3 is 2.47 bits per heavy atom. The Bertz CT molecular complexity index is 977. The second kappa shape index (κ2) is 9.54. The molecule has 0 aliphatic carbocycles. The molecule has 1 saturated heterocycles. The quantitative estimate of drug-likeness (QED) is 0.757. The van der Waals surface area contributed by atoms with Gasteiger partial charge < -0.3 is 15.1 Å². The van der Waals surface area contributed by atoms with E-state index in [0.29, 0.717) is 35.7 Å². The first-order valence-electron chi connectivity index (χ1n) is 10.3. The van der Waals surface area contributed by atoms with Crippen molar-refractivity contribution in [2.24, 2.45) is 0 Å². The highest BCUT2D eigenvalue weighted by Crippen LogP contribution is 2.37. The summed E-state index contributed by atoms with van der Waals surface area (Å²) in [5.41, 5.74) is 0.962. The lowest BCUT2D eigenvalue weighted by Crippen LogP contribution is -2.44. The number of carbonyl (C=O) groups is 2. The van der Waals surface area contributed by atoms with Crippen molar-refractivity contribution < 1.29 is 22.8 Å². The Kier molecular flexibility index (Phi) is 7.00. The molecule has 2 aromatic rings. The fraction of sp³-hybridized carbons (Fsp3) is 0.455. The first-order valence-corrected chi connectivity index (χ1v) is 10.3. The van der Waals surface area contributed by atoms with Gasteiger partial charge >= 0.3 is 6.18 Å². The minimum atomic E-state index is -4.43. The van der Waals surface area contributed by atoms with Gasteiger partial charge in [-0.15, -0.1) is 0 Å². The summed E-state index contributed by atoms with van der Waals surface area (Å²) in [5.74, 6) is -0.0851. The molecule has 32 heavy (non-hydrogen) atoms. The number of nitrogens with zero attached hydrogens (tertiary/aromatic N) is 4. The number of aromatic nitrogens is 2. The van der Waals surface area contributed by atoms with Crippen LogP contribution in [0.4, 0.5) is 19.1 Å². The third-order valence-electron chi connectivity index (χ3n) is 5.36. The van der Waals surface area contributed by atoms with Crippen LogP contribution in [0.3, 0.4) is 0 Å². The Balaban J connectivity index is 2.03. The van der Waals surface area contributed by atoms with E-state index < -0.39 is 11.7 Å². The lowest BCUT2D eigenvalue weighted by Gasteiger charge is -2.36. The predicted octanol–water partition coefficient (Wildman–Crippen LogP) is 3.42. The second-order valence-corrected chi connectivity index (χ2v) is 7.95. The number of likely N-dealkylation sites (tertiary alicyclic amines) is 1. The van der Waals surface area contributed by atoms with Crippen LogP contribution in [0, 0.1) is 0 Å². The Morgan fingerprint density at radius 2 is 1.88 bits per heavy atom. The number of amides is 2. The summed E-state index contributed by atoms with van der Waals surface area (Å²) in [7, 11) is 3.58. The SMILES string of the molecule is CC(=O)NCC(=O)N1CCCC[C@@H]1c1nc(N(C)C)ncc1-c1ccc(C(F)(F)F)cc1. The maximum absolute atomic E-state index is 13.0. The molecule has 1 aliphatic heterocycles. The molecule has 1 aromatic heterocycles. The number of hydrogen-bond acceptors (Lipinski definition) is 5. The molecule has 10 heteroatoms. The Labute approximate surface area is 184 Å². The largest absolute Gasteiger partial charge is 0.416 e. The molecular formula is C22H26F3N5O2. The van der Waals surface area contributed by atoms with Crippen LogP contribution in [0.2, 0.25) is 0 Å². The molecule has 1 aromatic carbocycles. The Morgan fingerprint density at radius 1 is 1.19 bits per heavy atom. The van der Waals surface area contributed by atoms with E-state index in [-0.39, 0.29) is 24.4 Å². The molecule has 1 aliphatic rings. The summed E-state index contributed by atoms with van der Waals surface area (Å²) >= 11 is 0. The number of piperidine rings is 1. The van der Waals surface area contributed by atoms with Gasteiger partial charge in [0.2, 0.25) is 17.8 Å². The van der Waals surface area contributed by atoms with E-state index in [1.807, 2.05) is 0 Å². The lowest BCUT2D eigenvalue weighted by atomic mass is 9.93. The van der Waals surface area contributed by atoms with Crippen LogP contribution in [0.1, 0.15) is 43.5 Å². The van der Waals surface area contributed by atoms with Gasteiger partial charge in [-0.25, -0.2) is 9.97 Å². The van der Waals surface area contributed by atoms with Crippen LogP contribution in [-0.4, -0.2) is 53.9 Å². The summed E-state index contributed by atoms with van der Waals surface area (Å²) in [6.45, 7) is 1.74. The van der Waals surface area contributed by atoms with Crippen molar-refractivity contribution in [2.45, 2.75) is 38.4 Å². The number of hydrogen-bond donors (Lipinski definition) is 1. The van der Waals surface area contributed by atoms with Gasteiger partial charge in [-0.1, -0.05) is 12.1 Å². The molecule has 7 nitrogen and oxygen atoms in total. The van der Waals surface area contributed by atoms with Crippen LogP contribution >= 0.6 is 0 Å². The van der Waals surface area contributed by atoms with E-state index in [1.54, 1.807) is 30.1 Å². The molecule has 0 bridgehead atoms. The van der Waals surface area contributed by atoms with Crippen molar-refractivity contribution >= 4 is 17.8 Å². The summed E-state index contributed by atoms with van der Waals surface area (Å²) in [6, 6.07) is 4.47. The summed E-state index contributed by atoms with van der Waals surface area (Å²) in [4.78, 5) is 36.5. The fourth-order valence-corrected chi connectivity index (χ4v) is 3.73. The van der Waals surface area contributed by atoms with E-state index in [2.05, 4.69) is 15.3 Å². The van der Waals surface area contributed by atoms with E-state index in [0.717, 1.165) is 25.0 Å². The van der Waals surface area contributed by atoms with Gasteiger partial charge in [-0.3, -0.25) is 9.59 Å². The van der Waals surface area contributed by atoms with Crippen molar-refractivity contribution in [1.82, 2.24) is 20.2 Å². The molecule has 1 N–H and O–H groups in total. The molecule has 0 unspecified atom stereocenters. The summed E-state index contributed by atoms with van der Waals surface area (Å²) < 4.78 is 39.0. The van der Waals surface area contributed by atoms with Gasteiger partial charge in [-0.05, 0) is 37.0 Å². The van der Waals surface area contributed by atoms with Crippen molar-refractivity contribution in [3.8, 4) is 11.1 Å². The summed E-state index contributed by atoms with van der Waals surface area (Å²) in [5, 5.41) is 2.53. The Hall–Kier alpha value is -3.17. The first-order chi connectivity index (χ1) is 15.1. The van der Waals surface area contributed by atoms with Crippen LogP contribution < -0.4 is 10.2 Å². The number of rotatable bonds is 5. The van der Waals surface area contributed by atoms with E-state index in [1.165, 1.54) is 19.1 Å². The average molecular weight is 449 g/mol. The van der Waals surface area contributed by atoms with E-state index in [4.69, 9.17) is 0 Å². The smallest absolute Gasteiger partial charge is 0.347 e. The van der Waals surface area contributed by atoms with Gasteiger partial charge in [0.05, 0.1) is 23.8 Å². The first kappa shape index (κ1) is 23.5. The van der Waals surface area contributed by atoms with Crippen LogP contribution in [-0.2, 0) is 15.8 Å². The van der Waals surface area contributed by atoms with Crippen molar-refractivity contribution in [3.05, 3.63) is 41.7 Å². The van der Waals surface area contributed by atoms with Crippen molar-refractivity contribution in [3.63, 3.8) is 0 Å². The average Bonchev–Trinajstić information content (AvgIpc) is 2.76. The second-order valence-electron chi connectivity index (χ2n) is 7.95. The number of anilines is 1. The molecule has 2 amide bonds. The monoisotopic (exact) mass is 449 g/mol. The predicted molar refractivity (Wildman–Crippen MR) is 114 cm³/mol. The zero-order chi connectivity index (χ0) is 23.5. The normalized spacial score (nSPS) is 16.6. The fourth-order valence-electron chi connectivity index (χ4n) is 3.73. The highest BCUT2D eigenvalue weighted by atomic mass is 19.4. The summed E-state index contributed by atoms with van der Waals surface area (Å²) in [6.07, 6.45) is -0.483. The molecule has 3 rings (SSSR count). The van der Waals surface area contributed by atoms with Gasteiger partial charge in [0.1, 0.15) is 0 Å². The molecule has 172 valence electrons. The minimum Gasteiger partial charge on any atom is -0.347 e. The van der Waals surface area contributed by atoms with Crippen LogP contribution in [0.25, 0.3) is 11.1 Å². The maximum Gasteiger partial charge on any atom is 0.416 e. The topological polar surface area (TPSA) is 78.4 Å². The van der Waals surface area contributed by atoms with Crippen molar-refractivity contribution in [1.29, 1.82) is 0 Å². The standard InChI is InChI=1S/C22H26F3N5O2/c1-14(31)26-13-19(32)30-11-5-4-6-18(30)20-17(12-27-21(28-20)29(2)3)15-7-9-16(10-8-15)22(23,24)25/h7-10,12,18H,4-6,11,13H2,1-3H3,(H,26,31)/t18-/m1/s1. The van der Waals surface area contributed by atoms with Crippen molar-refractivity contribution in [2.75, 3.05) is 32.1 Å². The molecule has 1 atom stereocenters. The van der Waals surface area contributed by atoms with Gasteiger partial charge in [0.25, 0.3) is 0 Å². The van der Waals surface area contributed by atoms with Crippen LogP contribution in [0.5, 0.6) is 0 Å². The molecular weight excluding hydrogens is 423 g/mol. The number of benzene rings is 1. The number of carbonyl (C=O) groups excluding carboxylic acids is 2. The molecule has 1 fully saturated rings. The van der Waals surface area contributed by atoms with Gasteiger partial charge in [0, 0.05) is 39.3 Å². The highest BCUT2D eigenvalue weighted by molar-refractivity contribution is 5.84. The van der Waals surface area contributed by atoms with Gasteiger partial charge in [-0.2, -0.15) is 13.2 Å².